The van der Waals surface area contributed by atoms with Crippen LogP contribution in [0, 0.1) is 0 Å². The van der Waals surface area contributed by atoms with Crippen LogP contribution in [-0.2, 0) is 27.6 Å². The minimum absolute atomic E-state index is 0.000588. The molecule has 0 aliphatic heterocycles. The maximum absolute atomic E-state index is 13.7. The number of carbonyl (C=O) groups excluding carboxylic acids is 1. The lowest BCUT2D eigenvalue weighted by molar-refractivity contribution is 0.0598. The first-order valence-corrected chi connectivity index (χ1v) is 13.0. The zero-order chi connectivity index (χ0) is 26.4. The average molecular weight is 518 g/mol. The van der Waals surface area contributed by atoms with E-state index in [4.69, 9.17) is 19.9 Å². The van der Waals surface area contributed by atoms with Crippen LogP contribution < -0.4 is 15.2 Å². The number of hydrogen-bond acceptors (Lipinski definition) is 7. The summed E-state index contributed by atoms with van der Waals surface area (Å²) in [6.07, 6.45) is 0.280. The third-order valence-electron chi connectivity index (χ3n) is 5.90. The van der Waals surface area contributed by atoms with Crippen molar-refractivity contribution < 1.29 is 27.4 Å². The highest BCUT2D eigenvalue weighted by molar-refractivity contribution is 7.91. The summed E-state index contributed by atoms with van der Waals surface area (Å²) in [5.74, 6) is -0.0587. The highest BCUT2D eigenvalue weighted by Crippen LogP contribution is 2.40. The second-order valence-corrected chi connectivity index (χ2v) is 10.2. The summed E-state index contributed by atoms with van der Waals surface area (Å²) in [5.41, 5.74) is 8.69. The largest absolute Gasteiger partial charge is 0.497 e. The van der Waals surface area contributed by atoms with E-state index in [1.165, 1.54) is 32.4 Å². The number of anilines is 1. The Kier molecular flexibility index (Phi) is 7.79. The van der Waals surface area contributed by atoms with Crippen LogP contribution in [0.2, 0.25) is 0 Å². The van der Waals surface area contributed by atoms with Gasteiger partial charge in [0.2, 0.25) is 9.84 Å². The van der Waals surface area contributed by atoms with Crippen LogP contribution in [0.3, 0.4) is 0 Å². The smallest absolute Gasteiger partial charge is 0.338 e. The number of hydrogen-bond donors (Lipinski definition) is 1. The summed E-state index contributed by atoms with van der Waals surface area (Å²) in [4.78, 5) is 12.7. The van der Waals surface area contributed by atoms with Gasteiger partial charge in [-0.05, 0) is 41.5 Å². The van der Waals surface area contributed by atoms with Gasteiger partial charge in [0.15, 0.2) is 0 Å². The van der Waals surface area contributed by atoms with Gasteiger partial charge in [-0.3, -0.25) is 0 Å². The number of sulfone groups is 1. The molecule has 0 bridgehead atoms. The van der Waals surface area contributed by atoms with E-state index in [1.54, 1.807) is 12.1 Å². The van der Waals surface area contributed by atoms with E-state index in [9.17, 15) is 13.2 Å². The van der Waals surface area contributed by atoms with Gasteiger partial charge in [0, 0.05) is 12.0 Å². The summed E-state index contributed by atoms with van der Waals surface area (Å²) in [6.45, 7) is 0.124. The van der Waals surface area contributed by atoms with Gasteiger partial charge in [0.05, 0.1) is 35.3 Å². The molecule has 4 aromatic carbocycles. The fourth-order valence-electron chi connectivity index (χ4n) is 3.96. The Morgan fingerprint density at radius 2 is 1.43 bits per heavy atom. The Bertz CT molecular complexity index is 1490. The monoisotopic (exact) mass is 517 g/mol. The number of benzene rings is 4. The standard InChI is InChI=1S/C29H27NO6S/c1-34-22-13-15-23(16-14-22)37(32,33)26-18-25(29(31)35-2)24(17-20-9-5-3-6-10-20)28(27(26)30)36-19-21-11-7-4-8-12-21/h3-16,18H,17,19,30H2,1-2H3. The Morgan fingerprint density at radius 3 is 2.00 bits per heavy atom. The molecule has 0 amide bonds. The molecule has 190 valence electrons. The van der Waals surface area contributed by atoms with Crippen LogP contribution in [0.15, 0.2) is 101 Å². The lowest BCUT2D eigenvalue weighted by Crippen LogP contribution is -2.15. The van der Waals surface area contributed by atoms with Gasteiger partial charge in [-0.1, -0.05) is 60.7 Å². The molecule has 0 saturated carbocycles. The van der Waals surface area contributed by atoms with Crippen LogP contribution in [0.4, 0.5) is 5.69 Å². The van der Waals surface area contributed by atoms with E-state index in [1.807, 2.05) is 60.7 Å². The van der Waals surface area contributed by atoms with Crippen LogP contribution in [0.25, 0.3) is 0 Å². The number of carbonyl (C=O) groups is 1. The first-order valence-electron chi connectivity index (χ1n) is 11.5. The van der Waals surface area contributed by atoms with Crippen LogP contribution in [0.5, 0.6) is 11.5 Å². The zero-order valence-electron chi connectivity index (χ0n) is 20.5. The summed E-state index contributed by atoms with van der Waals surface area (Å²) in [5, 5.41) is 0. The summed E-state index contributed by atoms with van der Waals surface area (Å²) >= 11 is 0. The second kappa shape index (κ2) is 11.2. The topological polar surface area (TPSA) is 105 Å². The molecule has 0 heterocycles. The maximum Gasteiger partial charge on any atom is 0.338 e. The molecule has 0 fully saturated rings. The molecule has 0 unspecified atom stereocenters. The van der Waals surface area contributed by atoms with Crippen molar-refractivity contribution in [1.29, 1.82) is 0 Å². The molecule has 4 rings (SSSR count). The number of nitrogen functional groups attached to an aromatic ring is 1. The Morgan fingerprint density at radius 1 is 0.838 bits per heavy atom. The number of nitrogens with two attached hydrogens (primary N) is 1. The van der Waals surface area contributed by atoms with Crippen molar-refractivity contribution in [3.05, 3.63) is 113 Å². The molecule has 0 spiro atoms. The van der Waals surface area contributed by atoms with Crippen molar-refractivity contribution >= 4 is 21.5 Å². The minimum Gasteiger partial charge on any atom is -0.497 e. The molecule has 4 aromatic rings. The quantitative estimate of drug-likeness (QED) is 0.244. The van der Waals surface area contributed by atoms with Gasteiger partial charge in [0.25, 0.3) is 0 Å². The van der Waals surface area contributed by atoms with Gasteiger partial charge < -0.3 is 19.9 Å². The molecule has 8 heteroatoms. The molecule has 0 saturated heterocycles. The molecule has 7 nitrogen and oxygen atoms in total. The third kappa shape index (κ3) is 5.59. The maximum atomic E-state index is 13.7. The van der Waals surface area contributed by atoms with Crippen molar-refractivity contribution in [2.75, 3.05) is 20.0 Å². The Labute approximate surface area is 216 Å². The first kappa shape index (κ1) is 25.8. The van der Waals surface area contributed by atoms with E-state index in [0.717, 1.165) is 11.1 Å². The van der Waals surface area contributed by atoms with Crippen molar-refractivity contribution in [1.82, 2.24) is 0 Å². The number of rotatable bonds is 9. The highest BCUT2D eigenvalue weighted by Gasteiger charge is 2.29. The molecule has 0 aliphatic carbocycles. The van der Waals surface area contributed by atoms with Crippen LogP contribution in [-0.4, -0.2) is 28.6 Å². The zero-order valence-corrected chi connectivity index (χ0v) is 21.3. The summed E-state index contributed by atoms with van der Waals surface area (Å²) < 4.78 is 43.7. The van der Waals surface area contributed by atoms with Crippen LogP contribution in [0.1, 0.15) is 27.0 Å². The van der Waals surface area contributed by atoms with Gasteiger partial charge in [-0.25, -0.2) is 13.2 Å². The van der Waals surface area contributed by atoms with Gasteiger partial charge in [-0.2, -0.15) is 0 Å². The first-order chi connectivity index (χ1) is 17.8. The summed E-state index contributed by atoms with van der Waals surface area (Å²) in [7, 11) is -1.39. The average Bonchev–Trinajstić information content (AvgIpc) is 2.93. The van der Waals surface area contributed by atoms with Crippen LogP contribution >= 0.6 is 0 Å². The molecular weight excluding hydrogens is 490 g/mol. The third-order valence-corrected chi connectivity index (χ3v) is 7.71. The predicted octanol–water partition coefficient (Wildman–Crippen LogP) is 5.07. The molecule has 0 aliphatic rings. The second-order valence-electron chi connectivity index (χ2n) is 8.25. The lowest BCUT2D eigenvalue weighted by atomic mass is 9.97. The fraction of sp³-hybridized carbons (Fsp3) is 0.138. The predicted molar refractivity (Wildman–Crippen MR) is 141 cm³/mol. The number of methoxy groups -OCH3 is 2. The molecule has 2 N–H and O–H groups in total. The molecule has 0 atom stereocenters. The van der Waals surface area contributed by atoms with E-state index in [0.29, 0.717) is 11.3 Å². The van der Waals surface area contributed by atoms with Crippen molar-refractivity contribution in [2.45, 2.75) is 22.8 Å². The Balaban J connectivity index is 1.91. The SMILES string of the molecule is COC(=O)c1cc(S(=O)(=O)c2ccc(OC)cc2)c(N)c(OCc2ccccc2)c1Cc1ccccc1. The fourth-order valence-corrected chi connectivity index (χ4v) is 5.36. The molecule has 0 radical (unpaired) electrons. The number of ether oxygens (including phenoxy) is 3. The normalized spacial score (nSPS) is 11.1. The lowest BCUT2D eigenvalue weighted by Gasteiger charge is -2.20. The van der Waals surface area contributed by atoms with E-state index in [2.05, 4.69) is 0 Å². The minimum atomic E-state index is -4.12. The van der Waals surface area contributed by atoms with Gasteiger partial charge >= 0.3 is 5.97 Å². The van der Waals surface area contributed by atoms with E-state index >= 15 is 0 Å². The van der Waals surface area contributed by atoms with E-state index < -0.39 is 15.8 Å². The van der Waals surface area contributed by atoms with Gasteiger partial charge in [0.1, 0.15) is 18.1 Å². The van der Waals surface area contributed by atoms with Crippen molar-refractivity contribution in [2.24, 2.45) is 0 Å². The Hall–Kier alpha value is -4.30. The van der Waals surface area contributed by atoms with Crippen molar-refractivity contribution in [3.8, 4) is 11.5 Å². The highest BCUT2D eigenvalue weighted by atomic mass is 32.2. The van der Waals surface area contributed by atoms with E-state index in [-0.39, 0.29) is 39.8 Å². The number of esters is 1. The molecule has 0 aromatic heterocycles. The summed E-state index contributed by atoms with van der Waals surface area (Å²) in [6, 6.07) is 26.0. The molecular formula is C29H27NO6S. The van der Waals surface area contributed by atoms with Gasteiger partial charge in [-0.15, -0.1) is 0 Å². The molecule has 37 heavy (non-hydrogen) atoms. The van der Waals surface area contributed by atoms with Crippen molar-refractivity contribution in [3.63, 3.8) is 0 Å².